The van der Waals surface area contributed by atoms with Crippen LogP contribution >= 0.6 is 0 Å². The fraction of sp³-hybridized carbons (Fsp3) is 0. The second kappa shape index (κ2) is 77.8. The molecule has 0 nitrogen and oxygen atoms in total. The zero-order valence-corrected chi connectivity index (χ0v) is 14.5. The van der Waals surface area contributed by atoms with Crippen LogP contribution in [0.25, 0.3) is 0 Å². The molecule has 0 aromatic heterocycles. The molecule has 0 aliphatic carbocycles. The molecule has 0 saturated heterocycles. The van der Waals surface area contributed by atoms with Crippen molar-refractivity contribution in [3.8, 4) is 0 Å². The van der Waals surface area contributed by atoms with Crippen molar-refractivity contribution in [3.63, 3.8) is 0 Å². The van der Waals surface area contributed by atoms with Crippen molar-refractivity contribution < 1.29 is 74.4 Å². The zero-order chi connectivity index (χ0) is 0. The van der Waals surface area contributed by atoms with Crippen LogP contribution in [0.1, 0.15) is 0 Å². The molecule has 0 radical (unpaired) electrons. The summed E-state index contributed by atoms with van der Waals surface area (Å²) in [6, 6.07) is 0. The van der Waals surface area contributed by atoms with Crippen LogP contribution in [0, 0.1) is 0 Å². The van der Waals surface area contributed by atoms with Crippen LogP contribution in [0.3, 0.4) is 0 Å². The van der Waals surface area contributed by atoms with Crippen LogP contribution in [0.4, 0.5) is 0 Å². The van der Waals surface area contributed by atoms with E-state index in [1.54, 1.807) is 0 Å². The van der Waals surface area contributed by atoms with Gasteiger partial charge in [0.1, 0.15) is 0 Å². The Kier molecular flexibility index (Phi) is 1010. The van der Waals surface area contributed by atoms with E-state index in [4.69, 9.17) is 0 Å². The van der Waals surface area contributed by atoms with Gasteiger partial charge in [-0.1, -0.05) is 0 Å². The van der Waals surface area contributed by atoms with Gasteiger partial charge in [-0.25, -0.2) is 0 Å². The first kappa shape index (κ1) is 104. The Balaban J connectivity index is 0. The quantitative estimate of drug-likeness (QED) is 0.350. The van der Waals surface area contributed by atoms with Crippen molar-refractivity contribution in [2.45, 2.75) is 0 Å². The minimum Gasteiger partial charge on any atom is -1.00 e. The predicted molar refractivity (Wildman–Crippen MR) is 11.5 cm³/mol. The van der Waals surface area contributed by atoms with E-state index in [-0.39, 0.29) is 126 Å². The molecular weight excluding hydrogens is 442 g/mol. The third kappa shape index (κ3) is 56.3. The van der Waals surface area contributed by atoms with Gasteiger partial charge < -0.3 is 74.4 Å². The van der Waals surface area contributed by atoms with Gasteiger partial charge >= 0.3 is 51.7 Å². The van der Waals surface area contributed by atoms with E-state index < -0.39 is 0 Å². The van der Waals surface area contributed by atoms with Gasteiger partial charge in [0.05, 0.1) is 0 Å². The topological polar surface area (TPSA) is 0 Å². The zero-order valence-electron chi connectivity index (χ0n) is 3.42. The maximum absolute atomic E-state index is 0. The Labute approximate surface area is 124 Å². The molecule has 0 N–H and O–H groups in total. The summed E-state index contributed by atoms with van der Waals surface area (Å²) in [4.78, 5) is 0. The van der Waals surface area contributed by atoms with Crippen molar-refractivity contribution in [2.24, 2.45) is 0 Å². The standard InChI is InChI=1S/6ClH.2In/h6*1H;;/q;;;;;;2*+3/p-6. The average molecular weight is 442 g/mol. The van der Waals surface area contributed by atoms with Crippen LogP contribution in [0.2, 0.25) is 0 Å². The molecule has 0 unspecified atom stereocenters. The van der Waals surface area contributed by atoms with Crippen LogP contribution in [-0.2, 0) is 0 Å². The summed E-state index contributed by atoms with van der Waals surface area (Å²) in [5.41, 5.74) is 0. The fourth-order valence-electron chi connectivity index (χ4n) is 0. The van der Waals surface area contributed by atoms with Crippen molar-refractivity contribution in [1.82, 2.24) is 0 Å². The molecule has 0 atom stereocenters. The molecule has 48 valence electrons. The molecule has 0 amide bonds. The molecule has 0 saturated carbocycles. The van der Waals surface area contributed by atoms with Crippen molar-refractivity contribution in [2.75, 3.05) is 0 Å². The third-order valence-corrected chi connectivity index (χ3v) is 0. The van der Waals surface area contributed by atoms with Crippen molar-refractivity contribution >= 4 is 51.7 Å². The fourth-order valence-corrected chi connectivity index (χ4v) is 0. The molecule has 8 heavy (non-hydrogen) atoms. The molecule has 0 fully saturated rings. The number of halogens is 6. The summed E-state index contributed by atoms with van der Waals surface area (Å²) in [5.74, 6) is 0. The van der Waals surface area contributed by atoms with Crippen LogP contribution in [-0.4, -0.2) is 51.7 Å². The molecule has 0 spiro atoms. The number of hydrogen-bond donors (Lipinski definition) is 0. The van der Waals surface area contributed by atoms with E-state index >= 15 is 0 Å². The summed E-state index contributed by atoms with van der Waals surface area (Å²) in [7, 11) is 0. The van der Waals surface area contributed by atoms with Crippen molar-refractivity contribution in [3.05, 3.63) is 0 Å². The third-order valence-electron chi connectivity index (χ3n) is 0. The summed E-state index contributed by atoms with van der Waals surface area (Å²) < 4.78 is 0. The Hall–Kier alpha value is 3.48. The molecule has 0 aliphatic rings. The smallest absolute Gasteiger partial charge is 1.00 e. The Bertz CT molecular complexity index is 6.49. The van der Waals surface area contributed by atoms with Crippen LogP contribution in [0.5, 0.6) is 0 Å². The van der Waals surface area contributed by atoms with E-state index in [1.165, 1.54) is 0 Å². The second-order valence-corrected chi connectivity index (χ2v) is 0. The van der Waals surface area contributed by atoms with Gasteiger partial charge in [0.15, 0.2) is 0 Å². The first-order valence-corrected chi connectivity index (χ1v) is 0. The molecule has 0 bridgehead atoms. The van der Waals surface area contributed by atoms with Crippen LogP contribution < -0.4 is 74.4 Å². The first-order chi connectivity index (χ1) is 0. The van der Waals surface area contributed by atoms with Gasteiger partial charge in [-0.2, -0.15) is 0 Å². The molecule has 0 aromatic rings. The summed E-state index contributed by atoms with van der Waals surface area (Å²) in [6.07, 6.45) is 0. The van der Waals surface area contributed by atoms with E-state index in [0.717, 1.165) is 0 Å². The van der Waals surface area contributed by atoms with Gasteiger partial charge in [0.2, 0.25) is 0 Å². The Morgan fingerprint density at radius 2 is 0.250 bits per heavy atom. The predicted octanol–water partition coefficient (Wildman–Crippen LogP) is -18.7. The largest absolute Gasteiger partial charge is 3.00 e. The normalized spacial score (nSPS) is 0. The minimum absolute atomic E-state index is 0. The minimum atomic E-state index is 0. The van der Waals surface area contributed by atoms with E-state index in [2.05, 4.69) is 0 Å². The molecule has 0 aromatic carbocycles. The Morgan fingerprint density at radius 1 is 0.250 bits per heavy atom. The van der Waals surface area contributed by atoms with Crippen molar-refractivity contribution in [1.29, 1.82) is 0 Å². The second-order valence-electron chi connectivity index (χ2n) is 0. The molecule has 0 heterocycles. The maximum Gasteiger partial charge on any atom is 3.00 e. The molecule has 8 heteroatoms. The average Bonchev–Trinajstić information content (AvgIpc) is 0. The van der Waals surface area contributed by atoms with Crippen LogP contribution in [0.15, 0.2) is 0 Å². The summed E-state index contributed by atoms with van der Waals surface area (Å²) >= 11 is 0. The monoisotopic (exact) mass is 440 g/mol. The first-order valence-electron chi connectivity index (χ1n) is 0. The van der Waals surface area contributed by atoms with Gasteiger partial charge in [-0.05, 0) is 0 Å². The van der Waals surface area contributed by atoms with E-state index in [9.17, 15) is 0 Å². The van der Waals surface area contributed by atoms with Gasteiger partial charge in [0, 0.05) is 0 Å². The summed E-state index contributed by atoms with van der Waals surface area (Å²) in [5, 5.41) is 0. The van der Waals surface area contributed by atoms with E-state index in [1.807, 2.05) is 0 Å². The number of rotatable bonds is 0. The SMILES string of the molecule is [Cl-].[Cl-].[Cl-].[Cl-].[Cl-].[Cl-].[In+3].[In+3]. The maximum atomic E-state index is 0. The summed E-state index contributed by atoms with van der Waals surface area (Å²) in [6.45, 7) is 0. The number of hydrogen-bond acceptors (Lipinski definition) is 0. The molecular formula is Cl6In2. The molecule has 0 aliphatic heterocycles. The van der Waals surface area contributed by atoms with Gasteiger partial charge in [-0.15, -0.1) is 0 Å². The molecule has 0 rings (SSSR count). The van der Waals surface area contributed by atoms with Gasteiger partial charge in [0.25, 0.3) is 0 Å². The Morgan fingerprint density at radius 3 is 0.250 bits per heavy atom. The van der Waals surface area contributed by atoms with E-state index in [0.29, 0.717) is 0 Å². The van der Waals surface area contributed by atoms with Gasteiger partial charge in [-0.3, -0.25) is 0 Å².